The molecule has 0 saturated carbocycles. The van der Waals surface area contributed by atoms with Gasteiger partial charge in [0.25, 0.3) is 0 Å². The fourth-order valence-corrected chi connectivity index (χ4v) is 2.20. The number of nitrogens with two attached hydrogens (primary N) is 2. The molecule has 1 unspecified atom stereocenters. The van der Waals surface area contributed by atoms with Crippen LogP contribution in [0.4, 0.5) is 11.6 Å². The number of carbonyl (C=O) groups excluding carboxylic acids is 1. The van der Waals surface area contributed by atoms with Gasteiger partial charge in [0.15, 0.2) is 10.3 Å². The molecule has 2 rings (SSSR count). The fraction of sp³-hybridized carbons (Fsp3) is 0.375. The Morgan fingerprint density at radius 2 is 1.88 bits per heavy atom. The Kier molecular flexibility index (Phi) is 2.88. The lowest BCUT2D eigenvalue weighted by Crippen LogP contribution is -2.29. The van der Waals surface area contributed by atoms with E-state index in [0.717, 1.165) is 0 Å². The maximum Gasteiger partial charge on any atom is 0.228 e. The predicted octanol–water partition coefficient (Wildman–Crippen LogP) is 0.430. The van der Waals surface area contributed by atoms with Gasteiger partial charge in [0.1, 0.15) is 5.69 Å². The average Bonchev–Trinajstić information content (AvgIpc) is 2.43. The van der Waals surface area contributed by atoms with Crippen molar-refractivity contribution in [2.45, 2.75) is 12.5 Å². The van der Waals surface area contributed by atoms with E-state index in [9.17, 15) is 4.79 Å². The molecule has 1 aromatic heterocycles. The molecule has 1 fully saturated rings. The molecule has 2 heterocycles. The van der Waals surface area contributed by atoms with Crippen LogP contribution in [0.15, 0.2) is 0 Å². The average molecular weight is 262 g/mol. The largest absolute Gasteiger partial charge is 0.368 e. The lowest BCUT2D eigenvalue weighted by molar-refractivity contribution is -0.117. The third-order valence-electron chi connectivity index (χ3n) is 2.24. The molecule has 86 valence electrons. The maximum atomic E-state index is 11.6. The molecule has 0 radical (unpaired) electrons. The van der Waals surface area contributed by atoms with Crippen LogP contribution in [-0.4, -0.2) is 28.5 Å². The van der Waals surface area contributed by atoms with Gasteiger partial charge < -0.3 is 16.4 Å². The van der Waals surface area contributed by atoms with Gasteiger partial charge in [-0.3, -0.25) is 4.79 Å². The number of rotatable bonds is 1. The first-order valence-corrected chi connectivity index (χ1v) is 5.29. The van der Waals surface area contributed by atoms with Crippen LogP contribution in [0, 0.1) is 0 Å². The summed E-state index contributed by atoms with van der Waals surface area (Å²) in [6.45, 7) is 0.353. The number of amides is 1. The summed E-state index contributed by atoms with van der Waals surface area (Å²) in [7, 11) is 0. The second-order valence-electron chi connectivity index (χ2n) is 3.48. The summed E-state index contributed by atoms with van der Waals surface area (Å²) in [5, 5.41) is 0.111. The van der Waals surface area contributed by atoms with Gasteiger partial charge in [0.05, 0.1) is 0 Å². The first kappa shape index (κ1) is 11.4. The Hall–Kier alpha value is -1.11. The second-order valence-corrected chi connectivity index (χ2v) is 4.20. The van der Waals surface area contributed by atoms with E-state index in [-0.39, 0.29) is 40.3 Å². The Morgan fingerprint density at radius 1 is 1.31 bits per heavy atom. The molecule has 8 heteroatoms. The maximum absolute atomic E-state index is 11.6. The topological polar surface area (TPSA) is 98.1 Å². The lowest BCUT2D eigenvalue weighted by atomic mass is 10.3. The standard InChI is InChI=1S/C8H9Cl2N5O/c9-6-5(7(10)14-8(12)13-6)15-2-3(11)1-4(15)16/h3H,1-2,11H2,(H2,12,13,14). The summed E-state index contributed by atoms with van der Waals surface area (Å²) >= 11 is 11.8. The molecule has 1 aliphatic rings. The summed E-state index contributed by atoms with van der Waals surface area (Å²) in [6.07, 6.45) is 0.261. The number of hydrogen-bond donors (Lipinski definition) is 2. The van der Waals surface area contributed by atoms with E-state index in [1.54, 1.807) is 0 Å². The third kappa shape index (κ3) is 1.91. The quantitative estimate of drug-likeness (QED) is 0.715. The normalized spacial score (nSPS) is 20.6. The predicted molar refractivity (Wildman–Crippen MR) is 61.4 cm³/mol. The van der Waals surface area contributed by atoms with Gasteiger partial charge in [0, 0.05) is 19.0 Å². The van der Waals surface area contributed by atoms with Gasteiger partial charge in [-0.2, -0.15) is 9.97 Å². The zero-order chi connectivity index (χ0) is 11.9. The molecule has 1 aliphatic heterocycles. The Morgan fingerprint density at radius 3 is 2.31 bits per heavy atom. The van der Waals surface area contributed by atoms with E-state index in [1.165, 1.54) is 4.90 Å². The molecule has 0 bridgehead atoms. The van der Waals surface area contributed by atoms with E-state index >= 15 is 0 Å². The van der Waals surface area contributed by atoms with Crippen LogP contribution in [0.1, 0.15) is 6.42 Å². The Bertz CT molecular complexity index is 429. The molecular formula is C8H9Cl2N5O. The van der Waals surface area contributed by atoms with Gasteiger partial charge in [-0.1, -0.05) is 23.2 Å². The van der Waals surface area contributed by atoms with Crippen molar-refractivity contribution < 1.29 is 4.79 Å². The first-order valence-electron chi connectivity index (χ1n) is 4.53. The minimum Gasteiger partial charge on any atom is -0.368 e. The molecule has 1 atom stereocenters. The van der Waals surface area contributed by atoms with Gasteiger partial charge >= 0.3 is 0 Å². The number of aromatic nitrogens is 2. The summed E-state index contributed by atoms with van der Waals surface area (Å²) in [6, 6.07) is -0.225. The number of carbonyl (C=O) groups is 1. The minimum atomic E-state index is -0.225. The molecular weight excluding hydrogens is 253 g/mol. The molecule has 1 aromatic rings. The summed E-state index contributed by atoms with van der Waals surface area (Å²) < 4.78 is 0. The van der Waals surface area contributed by atoms with Crippen molar-refractivity contribution in [3.05, 3.63) is 10.3 Å². The van der Waals surface area contributed by atoms with E-state index in [0.29, 0.717) is 6.54 Å². The highest BCUT2D eigenvalue weighted by Gasteiger charge is 2.32. The van der Waals surface area contributed by atoms with Crippen molar-refractivity contribution in [3.63, 3.8) is 0 Å². The third-order valence-corrected chi connectivity index (χ3v) is 2.77. The van der Waals surface area contributed by atoms with Gasteiger partial charge in [-0.05, 0) is 0 Å². The van der Waals surface area contributed by atoms with E-state index in [4.69, 9.17) is 34.7 Å². The SMILES string of the molecule is Nc1nc(Cl)c(N2CC(N)CC2=O)c(Cl)n1. The van der Waals surface area contributed by atoms with Crippen molar-refractivity contribution in [1.82, 2.24) is 9.97 Å². The lowest BCUT2D eigenvalue weighted by Gasteiger charge is -2.17. The summed E-state index contributed by atoms with van der Waals surface area (Å²) in [5.41, 5.74) is 11.3. The molecule has 0 aromatic carbocycles. The van der Waals surface area contributed by atoms with Crippen LogP contribution in [0.3, 0.4) is 0 Å². The molecule has 16 heavy (non-hydrogen) atoms. The number of anilines is 2. The van der Waals surface area contributed by atoms with Crippen LogP contribution < -0.4 is 16.4 Å². The van der Waals surface area contributed by atoms with Crippen molar-refractivity contribution >= 4 is 40.7 Å². The zero-order valence-corrected chi connectivity index (χ0v) is 9.66. The molecule has 1 saturated heterocycles. The summed E-state index contributed by atoms with van der Waals surface area (Å²) in [5.74, 6) is -0.181. The molecule has 6 nitrogen and oxygen atoms in total. The van der Waals surface area contributed by atoms with Gasteiger partial charge in [-0.15, -0.1) is 0 Å². The number of halogens is 2. The highest BCUT2D eigenvalue weighted by molar-refractivity contribution is 6.38. The van der Waals surface area contributed by atoms with Crippen LogP contribution >= 0.6 is 23.2 Å². The van der Waals surface area contributed by atoms with Crippen molar-refractivity contribution in [3.8, 4) is 0 Å². The first-order chi connectivity index (χ1) is 7.49. The van der Waals surface area contributed by atoms with E-state index < -0.39 is 0 Å². The molecule has 4 N–H and O–H groups in total. The van der Waals surface area contributed by atoms with E-state index in [1.807, 2.05) is 0 Å². The monoisotopic (exact) mass is 261 g/mol. The van der Waals surface area contributed by atoms with Gasteiger partial charge in [0.2, 0.25) is 11.9 Å². The number of nitrogen functional groups attached to an aromatic ring is 1. The minimum absolute atomic E-state index is 0.0327. The van der Waals surface area contributed by atoms with Crippen LogP contribution in [-0.2, 0) is 4.79 Å². The molecule has 1 amide bonds. The fourth-order valence-electron chi connectivity index (χ4n) is 1.59. The van der Waals surface area contributed by atoms with Crippen LogP contribution in [0.5, 0.6) is 0 Å². The molecule has 0 spiro atoms. The smallest absolute Gasteiger partial charge is 0.228 e. The Labute approximate surface area is 102 Å². The van der Waals surface area contributed by atoms with Gasteiger partial charge in [-0.25, -0.2) is 0 Å². The number of hydrogen-bond acceptors (Lipinski definition) is 5. The van der Waals surface area contributed by atoms with Crippen molar-refractivity contribution in [2.24, 2.45) is 5.73 Å². The second kappa shape index (κ2) is 4.04. The van der Waals surface area contributed by atoms with Crippen molar-refractivity contribution in [1.29, 1.82) is 0 Å². The number of nitrogens with zero attached hydrogens (tertiary/aromatic N) is 3. The highest BCUT2D eigenvalue weighted by Crippen LogP contribution is 2.33. The van der Waals surface area contributed by atoms with Crippen LogP contribution in [0.2, 0.25) is 10.3 Å². The van der Waals surface area contributed by atoms with Crippen molar-refractivity contribution in [2.75, 3.05) is 17.2 Å². The zero-order valence-electron chi connectivity index (χ0n) is 8.15. The molecule has 0 aliphatic carbocycles. The highest BCUT2D eigenvalue weighted by atomic mass is 35.5. The van der Waals surface area contributed by atoms with E-state index in [2.05, 4.69) is 9.97 Å². The summed E-state index contributed by atoms with van der Waals surface area (Å²) in [4.78, 5) is 20.5. The Balaban J connectivity index is 2.44. The van der Waals surface area contributed by atoms with Crippen LogP contribution in [0.25, 0.3) is 0 Å².